The number of aliphatic imine (C=N–C) groups is 2. The number of amides is 2. The van der Waals surface area contributed by atoms with Crippen molar-refractivity contribution in [2.45, 2.75) is 64.2 Å². The molecule has 2 amide bonds. The maximum atomic E-state index is 11.7. The van der Waals surface area contributed by atoms with Gasteiger partial charge in [-0.2, -0.15) is 0 Å². The molecule has 0 spiro atoms. The summed E-state index contributed by atoms with van der Waals surface area (Å²) in [5.74, 6) is 1.28. The van der Waals surface area contributed by atoms with Gasteiger partial charge >= 0.3 is 0 Å². The smallest absolute Gasteiger partial charge is 0.238 e. The highest BCUT2D eigenvalue weighted by Gasteiger charge is 2.07. The van der Waals surface area contributed by atoms with Crippen LogP contribution in [0.2, 0.25) is 0 Å². The Labute approximate surface area is 166 Å². The maximum Gasteiger partial charge on any atom is 0.238 e. The van der Waals surface area contributed by atoms with Crippen molar-refractivity contribution in [2.24, 2.45) is 9.98 Å². The van der Waals surface area contributed by atoms with Gasteiger partial charge in [0.05, 0.1) is 13.1 Å². The molecular weight excluding hydrogens is 360 g/mol. The van der Waals surface area contributed by atoms with Crippen molar-refractivity contribution in [1.29, 1.82) is 0 Å². The number of carbonyl (C=O) groups excluding carboxylic acids is 2. The number of nitrogens with one attached hydrogen (secondary N) is 6. The quantitative estimate of drug-likeness (QED) is 0.217. The molecule has 10 nitrogen and oxygen atoms in total. The fourth-order valence-electron chi connectivity index (χ4n) is 2.98. The van der Waals surface area contributed by atoms with E-state index in [1.165, 1.54) is 12.8 Å². The van der Waals surface area contributed by atoms with Gasteiger partial charge in [0, 0.05) is 25.9 Å². The molecule has 0 saturated carbocycles. The minimum Gasteiger partial charge on any atom is -0.353 e. The third kappa shape index (κ3) is 9.98. The van der Waals surface area contributed by atoms with Gasteiger partial charge in [0.25, 0.3) is 0 Å². The van der Waals surface area contributed by atoms with Crippen molar-refractivity contribution in [2.75, 3.05) is 26.2 Å². The molecular formula is C18H34N8O2. The summed E-state index contributed by atoms with van der Waals surface area (Å²) in [6.07, 6.45) is 9.66. The third-order valence-corrected chi connectivity index (χ3v) is 4.55. The van der Waals surface area contributed by atoms with Crippen LogP contribution in [0.1, 0.15) is 64.2 Å². The van der Waals surface area contributed by atoms with E-state index in [9.17, 15) is 9.59 Å². The fraction of sp³-hybridized carbons (Fsp3) is 0.778. The summed E-state index contributed by atoms with van der Waals surface area (Å²) in [5.41, 5.74) is 10.9. The van der Waals surface area contributed by atoms with Crippen molar-refractivity contribution in [3.63, 3.8) is 0 Å². The largest absolute Gasteiger partial charge is 0.353 e. The predicted octanol–water partition coefficient (Wildman–Crippen LogP) is 0.0474. The van der Waals surface area contributed by atoms with E-state index >= 15 is 0 Å². The van der Waals surface area contributed by atoms with Gasteiger partial charge in [-0.3, -0.25) is 41.3 Å². The summed E-state index contributed by atoms with van der Waals surface area (Å²) >= 11 is 0. The topological polar surface area (TPSA) is 131 Å². The molecule has 0 aromatic heterocycles. The Balaban J connectivity index is 1.30. The SMILES string of the molecule is O=C(CCCCCCCCCCC(=O)NNC1=NCCN1)NNC1=NCCN1. The number of unbranched alkanes of at least 4 members (excludes halogenated alkanes) is 7. The van der Waals surface area contributed by atoms with E-state index in [0.29, 0.717) is 24.8 Å². The van der Waals surface area contributed by atoms with Gasteiger partial charge in [0.15, 0.2) is 0 Å². The number of hydrogen-bond donors (Lipinski definition) is 6. The average Bonchev–Trinajstić information content (AvgIpc) is 3.40. The van der Waals surface area contributed by atoms with Crippen LogP contribution < -0.4 is 32.3 Å². The normalized spacial score (nSPS) is 15.1. The predicted molar refractivity (Wildman–Crippen MR) is 109 cm³/mol. The van der Waals surface area contributed by atoms with E-state index in [1.54, 1.807) is 0 Å². The fourth-order valence-corrected chi connectivity index (χ4v) is 2.98. The molecule has 0 unspecified atom stereocenters. The Kier molecular flexibility index (Phi) is 10.6. The first kappa shape index (κ1) is 21.8. The van der Waals surface area contributed by atoms with Crippen LogP contribution in [-0.4, -0.2) is 49.9 Å². The van der Waals surface area contributed by atoms with Gasteiger partial charge in [-0.15, -0.1) is 0 Å². The lowest BCUT2D eigenvalue weighted by atomic mass is 10.1. The van der Waals surface area contributed by atoms with Crippen LogP contribution in [0.4, 0.5) is 0 Å². The molecule has 10 heteroatoms. The van der Waals surface area contributed by atoms with Crippen molar-refractivity contribution >= 4 is 23.7 Å². The molecule has 158 valence electrons. The second kappa shape index (κ2) is 13.6. The number of hydrazine groups is 2. The number of rotatable bonds is 11. The minimum atomic E-state index is -0.0000456. The first-order chi connectivity index (χ1) is 13.7. The summed E-state index contributed by atoms with van der Waals surface area (Å²) in [6, 6.07) is 0. The molecule has 0 bridgehead atoms. The Morgan fingerprint density at radius 3 is 1.43 bits per heavy atom. The van der Waals surface area contributed by atoms with Crippen molar-refractivity contribution in [3.05, 3.63) is 0 Å². The van der Waals surface area contributed by atoms with E-state index in [0.717, 1.165) is 64.7 Å². The maximum absolute atomic E-state index is 11.7. The van der Waals surface area contributed by atoms with Crippen LogP contribution in [0, 0.1) is 0 Å². The van der Waals surface area contributed by atoms with E-state index in [4.69, 9.17) is 0 Å². The van der Waals surface area contributed by atoms with Crippen molar-refractivity contribution in [1.82, 2.24) is 32.3 Å². The molecule has 6 N–H and O–H groups in total. The molecule has 0 aromatic rings. The molecule has 28 heavy (non-hydrogen) atoms. The molecule has 0 saturated heterocycles. The lowest BCUT2D eigenvalue weighted by molar-refractivity contribution is -0.122. The zero-order valence-corrected chi connectivity index (χ0v) is 16.6. The highest BCUT2D eigenvalue weighted by molar-refractivity contribution is 5.85. The lowest BCUT2D eigenvalue weighted by Gasteiger charge is -2.08. The molecule has 0 fully saturated rings. The monoisotopic (exact) mass is 394 g/mol. The first-order valence-electron chi connectivity index (χ1n) is 10.4. The minimum absolute atomic E-state index is 0.0000456. The molecule has 2 aliphatic rings. The zero-order chi connectivity index (χ0) is 19.9. The van der Waals surface area contributed by atoms with Gasteiger partial charge in [-0.05, 0) is 12.8 Å². The Bertz CT molecular complexity index is 502. The van der Waals surface area contributed by atoms with Gasteiger partial charge in [-0.1, -0.05) is 38.5 Å². The van der Waals surface area contributed by atoms with Crippen molar-refractivity contribution < 1.29 is 9.59 Å². The highest BCUT2D eigenvalue weighted by atomic mass is 16.2. The standard InChI is InChI=1S/C18H34N8O2/c27-15(23-25-17-19-11-12-20-17)9-7-5-3-1-2-4-6-8-10-16(28)24-26-18-21-13-14-22-18/h1-14H2,(H,23,27)(H,24,28)(H2,19,20,25)(H2,21,22,26). The number of nitrogens with zero attached hydrogens (tertiary/aromatic N) is 2. The Morgan fingerprint density at radius 2 is 1.07 bits per heavy atom. The average molecular weight is 395 g/mol. The van der Waals surface area contributed by atoms with Gasteiger partial charge in [0.2, 0.25) is 23.7 Å². The number of guanidine groups is 2. The van der Waals surface area contributed by atoms with Crippen molar-refractivity contribution in [3.8, 4) is 0 Å². The summed E-state index contributed by atoms with van der Waals surface area (Å²) in [6.45, 7) is 3.12. The summed E-state index contributed by atoms with van der Waals surface area (Å²) in [7, 11) is 0. The molecule has 0 aliphatic carbocycles. The highest BCUT2D eigenvalue weighted by Crippen LogP contribution is 2.10. The third-order valence-electron chi connectivity index (χ3n) is 4.55. The van der Waals surface area contributed by atoms with Crippen LogP contribution in [0.5, 0.6) is 0 Å². The number of hydrogen-bond acceptors (Lipinski definition) is 8. The zero-order valence-electron chi connectivity index (χ0n) is 16.6. The van der Waals surface area contributed by atoms with E-state index < -0.39 is 0 Å². The number of carbonyl (C=O) groups is 2. The Hall–Kier alpha value is -2.52. The van der Waals surface area contributed by atoms with E-state index in [-0.39, 0.29) is 11.8 Å². The molecule has 0 radical (unpaired) electrons. The molecule has 2 heterocycles. The van der Waals surface area contributed by atoms with Gasteiger partial charge in [-0.25, -0.2) is 0 Å². The van der Waals surface area contributed by atoms with Crippen LogP contribution >= 0.6 is 0 Å². The molecule has 0 aromatic carbocycles. The summed E-state index contributed by atoms with van der Waals surface area (Å²) < 4.78 is 0. The van der Waals surface area contributed by atoms with Crippen LogP contribution in [0.25, 0.3) is 0 Å². The second-order valence-corrected chi connectivity index (χ2v) is 6.99. The van der Waals surface area contributed by atoms with E-state index in [2.05, 4.69) is 42.3 Å². The van der Waals surface area contributed by atoms with Crippen LogP contribution in [0.15, 0.2) is 9.98 Å². The van der Waals surface area contributed by atoms with Gasteiger partial charge in [0.1, 0.15) is 0 Å². The summed E-state index contributed by atoms with van der Waals surface area (Å²) in [5, 5.41) is 6.06. The molecule has 2 rings (SSSR count). The molecule has 0 atom stereocenters. The second-order valence-electron chi connectivity index (χ2n) is 6.99. The lowest BCUT2D eigenvalue weighted by Crippen LogP contribution is -2.46. The molecule has 2 aliphatic heterocycles. The van der Waals surface area contributed by atoms with Crippen LogP contribution in [-0.2, 0) is 9.59 Å². The van der Waals surface area contributed by atoms with Crippen LogP contribution in [0.3, 0.4) is 0 Å². The van der Waals surface area contributed by atoms with Gasteiger partial charge < -0.3 is 10.6 Å². The first-order valence-corrected chi connectivity index (χ1v) is 10.4. The summed E-state index contributed by atoms with van der Waals surface area (Å²) in [4.78, 5) is 31.6. The Morgan fingerprint density at radius 1 is 0.679 bits per heavy atom. The van der Waals surface area contributed by atoms with E-state index in [1.807, 2.05) is 0 Å².